The fraction of sp³-hybridized carbons (Fsp3) is 0.222. The van der Waals surface area contributed by atoms with Gasteiger partial charge < -0.3 is 20.9 Å². The lowest BCUT2D eigenvalue weighted by atomic mass is 9.26. The number of carboxylic acids is 1. The van der Waals surface area contributed by atoms with Crippen LogP contribution in [0.5, 0.6) is 0 Å². The molecule has 0 spiro atoms. The topological polar surface area (TPSA) is 104 Å². The van der Waals surface area contributed by atoms with Crippen molar-refractivity contribution in [1.82, 2.24) is 0 Å². The van der Waals surface area contributed by atoms with E-state index in [9.17, 15) is 4.79 Å². The summed E-state index contributed by atoms with van der Waals surface area (Å²) < 4.78 is 0. The highest BCUT2D eigenvalue weighted by Gasteiger charge is 2.14. The molecular formula is C9H12BNO4. The number of rotatable bonds is 4. The number of carboxylic acid groups (broad SMARTS) is 1. The third-order valence-electron chi connectivity index (χ3n) is 2.02. The van der Waals surface area contributed by atoms with Crippen LogP contribution in [-0.2, 0) is 11.2 Å². The summed E-state index contributed by atoms with van der Waals surface area (Å²) >= 11 is 0. The van der Waals surface area contributed by atoms with Crippen LogP contribution in [0.4, 0.5) is 0 Å². The van der Waals surface area contributed by atoms with Crippen LogP contribution in [0.1, 0.15) is 5.56 Å². The first-order valence-corrected chi connectivity index (χ1v) is 4.44. The molecule has 0 aliphatic heterocycles. The number of hydrogen-bond donors (Lipinski definition) is 4. The minimum atomic E-state index is -1.55. The van der Waals surface area contributed by atoms with Crippen molar-refractivity contribution in [1.29, 1.82) is 0 Å². The molecule has 1 aromatic rings. The molecule has 15 heavy (non-hydrogen) atoms. The number of benzene rings is 1. The Balaban J connectivity index is 2.78. The maximum absolute atomic E-state index is 10.5. The lowest BCUT2D eigenvalue weighted by molar-refractivity contribution is -0.138. The van der Waals surface area contributed by atoms with Crippen LogP contribution < -0.4 is 11.2 Å². The number of aliphatic carboxylic acids is 1. The van der Waals surface area contributed by atoms with Crippen molar-refractivity contribution in [3.8, 4) is 0 Å². The van der Waals surface area contributed by atoms with Gasteiger partial charge in [-0.3, -0.25) is 4.79 Å². The predicted octanol–water partition coefficient (Wildman–Crippen LogP) is -1.68. The number of carbonyl (C=O) groups is 1. The quantitative estimate of drug-likeness (QED) is 0.442. The predicted molar refractivity (Wildman–Crippen MR) is 55.6 cm³/mol. The zero-order chi connectivity index (χ0) is 11.4. The molecule has 1 atom stereocenters. The summed E-state index contributed by atoms with van der Waals surface area (Å²) in [6.45, 7) is 0. The van der Waals surface area contributed by atoms with Gasteiger partial charge in [0.1, 0.15) is 6.04 Å². The average Bonchev–Trinajstić information content (AvgIpc) is 2.18. The second-order valence-electron chi connectivity index (χ2n) is 3.27. The highest BCUT2D eigenvalue weighted by Crippen LogP contribution is 2.01. The van der Waals surface area contributed by atoms with Gasteiger partial charge in [-0.1, -0.05) is 24.3 Å². The van der Waals surface area contributed by atoms with E-state index >= 15 is 0 Å². The summed E-state index contributed by atoms with van der Waals surface area (Å²) in [6, 6.07) is 5.40. The van der Waals surface area contributed by atoms with E-state index in [1.807, 2.05) is 0 Å². The van der Waals surface area contributed by atoms with E-state index in [4.69, 9.17) is 20.9 Å². The smallest absolute Gasteiger partial charge is 0.480 e. The van der Waals surface area contributed by atoms with Crippen molar-refractivity contribution >= 4 is 18.6 Å². The molecule has 0 aliphatic carbocycles. The Labute approximate surface area is 87.3 Å². The summed E-state index contributed by atoms with van der Waals surface area (Å²) in [5.74, 6) is -1.08. The lowest BCUT2D eigenvalue weighted by Crippen LogP contribution is -2.34. The monoisotopic (exact) mass is 208 g/mol. The highest BCUT2D eigenvalue weighted by molar-refractivity contribution is 6.58. The van der Waals surface area contributed by atoms with Crippen LogP contribution in [0.25, 0.3) is 0 Å². The molecule has 0 heterocycles. The van der Waals surface area contributed by atoms with E-state index in [2.05, 4.69) is 0 Å². The molecule has 80 valence electrons. The van der Waals surface area contributed by atoms with Crippen LogP contribution >= 0.6 is 0 Å². The van der Waals surface area contributed by atoms with Crippen molar-refractivity contribution in [2.75, 3.05) is 0 Å². The van der Waals surface area contributed by atoms with Gasteiger partial charge in [0.05, 0.1) is 0 Å². The third-order valence-corrected chi connectivity index (χ3v) is 2.02. The molecule has 5 N–H and O–H groups in total. The molecule has 0 fully saturated rings. The Kier molecular flexibility index (Phi) is 3.84. The number of hydrogen-bond acceptors (Lipinski definition) is 4. The van der Waals surface area contributed by atoms with Crippen molar-refractivity contribution in [3.05, 3.63) is 29.8 Å². The van der Waals surface area contributed by atoms with Gasteiger partial charge in [0.25, 0.3) is 0 Å². The molecule has 0 saturated carbocycles. The minimum absolute atomic E-state index is 0.163. The van der Waals surface area contributed by atoms with Gasteiger partial charge in [0, 0.05) is 0 Å². The fourth-order valence-corrected chi connectivity index (χ4v) is 1.22. The van der Waals surface area contributed by atoms with Crippen LogP contribution in [0.2, 0.25) is 0 Å². The van der Waals surface area contributed by atoms with Gasteiger partial charge >= 0.3 is 13.1 Å². The van der Waals surface area contributed by atoms with Gasteiger partial charge in [-0.2, -0.15) is 0 Å². The second-order valence-corrected chi connectivity index (χ2v) is 3.27. The molecule has 0 aromatic heterocycles. The highest BCUT2D eigenvalue weighted by atomic mass is 16.4. The number of nitrogens with two attached hydrogens (primary N) is 1. The average molecular weight is 208 g/mol. The molecule has 6 heteroatoms. The van der Waals surface area contributed by atoms with Crippen LogP contribution in [-0.4, -0.2) is 34.3 Å². The maximum atomic E-state index is 10.5. The van der Waals surface area contributed by atoms with Gasteiger partial charge in [0.15, 0.2) is 0 Å². The first kappa shape index (κ1) is 11.7. The van der Waals surface area contributed by atoms with Crippen molar-refractivity contribution in [3.63, 3.8) is 0 Å². The molecule has 0 unspecified atom stereocenters. The molecule has 0 aliphatic rings. The zero-order valence-electron chi connectivity index (χ0n) is 8.00. The van der Waals surface area contributed by atoms with E-state index in [1.165, 1.54) is 6.07 Å². The zero-order valence-corrected chi connectivity index (χ0v) is 8.00. The molecule has 1 rings (SSSR count). The summed E-state index contributed by atoms with van der Waals surface area (Å²) in [7, 11) is -1.55. The van der Waals surface area contributed by atoms with E-state index in [-0.39, 0.29) is 6.42 Å². The molecular weight excluding hydrogens is 196 g/mol. The molecule has 5 nitrogen and oxygen atoms in total. The molecule has 0 saturated heterocycles. The Morgan fingerprint density at radius 3 is 2.67 bits per heavy atom. The minimum Gasteiger partial charge on any atom is -0.480 e. The standard InChI is InChI=1S/C9H12BNO4/c11-8(9(12)13)5-6-2-1-3-7(4-6)10(14)15/h1-4,8,14-15H,5,11H2,(H,12,13)/t8-/m0/s1/i10-1. The largest absolute Gasteiger partial charge is 0.488 e. The molecule has 0 bridgehead atoms. The summed E-state index contributed by atoms with van der Waals surface area (Å²) in [6.07, 6.45) is 0.163. The first-order valence-electron chi connectivity index (χ1n) is 4.44. The summed E-state index contributed by atoms with van der Waals surface area (Å²) in [4.78, 5) is 10.5. The first-order chi connectivity index (χ1) is 7.00. The van der Waals surface area contributed by atoms with E-state index in [0.29, 0.717) is 11.0 Å². The summed E-state index contributed by atoms with van der Waals surface area (Å²) in [5, 5.41) is 26.4. The Bertz CT molecular complexity index is 356. The van der Waals surface area contributed by atoms with E-state index in [0.717, 1.165) is 0 Å². The van der Waals surface area contributed by atoms with Gasteiger partial charge in [0.2, 0.25) is 0 Å². The van der Waals surface area contributed by atoms with Gasteiger partial charge in [-0.05, 0) is 17.4 Å². The van der Waals surface area contributed by atoms with Gasteiger partial charge in [-0.15, -0.1) is 0 Å². The van der Waals surface area contributed by atoms with Crippen molar-refractivity contribution < 1.29 is 19.9 Å². The lowest BCUT2D eigenvalue weighted by Gasteiger charge is -2.07. The molecule has 1 aromatic carbocycles. The SMILES string of the molecule is N[C@@H](Cc1cccc([10B](O)O)c1)C(=O)O. The maximum Gasteiger partial charge on any atom is 0.488 e. The van der Waals surface area contributed by atoms with E-state index < -0.39 is 19.1 Å². The Hall–Kier alpha value is -1.37. The third kappa shape index (κ3) is 3.36. The van der Waals surface area contributed by atoms with Crippen LogP contribution in [0, 0.1) is 0 Å². The van der Waals surface area contributed by atoms with Crippen molar-refractivity contribution in [2.45, 2.75) is 12.5 Å². The van der Waals surface area contributed by atoms with Gasteiger partial charge in [-0.25, -0.2) is 0 Å². The fourth-order valence-electron chi connectivity index (χ4n) is 1.22. The summed E-state index contributed by atoms with van der Waals surface area (Å²) in [5.41, 5.74) is 6.34. The van der Waals surface area contributed by atoms with Crippen LogP contribution in [0.3, 0.4) is 0 Å². The van der Waals surface area contributed by atoms with E-state index in [1.54, 1.807) is 18.2 Å². The Morgan fingerprint density at radius 2 is 2.13 bits per heavy atom. The second kappa shape index (κ2) is 4.93. The Morgan fingerprint density at radius 1 is 1.47 bits per heavy atom. The van der Waals surface area contributed by atoms with Crippen LogP contribution in [0.15, 0.2) is 24.3 Å². The molecule has 0 radical (unpaired) electrons. The molecule has 0 amide bonds. The normalized spacial score (nSPS) is 12.2. The van der Waals surface area contributed by atoms with Crippen molar-refractivity contribution in [2.24, 2.45) is 5.73 Å².